The third-order valence-corrected chi connectivity index (χ3v) is 5.53. The highest BCUT2D eigenvalue weighted by Gasteiger charge is 2.40. The average Bonchev–Trinajstić information content (AvgIpc) is 3.27. The highest BCUT2D eigenvalue weighted by atomic mass is 16.5. The Kier molecular flexibility index (Phi) is 4.66. The van der Waals surface area contributed by atoms with E-state index in [4.69, 9.17) is 9.47 Å². The Balaban J connectivity index is 1.55. The fourth-order valence-electron chi connectivity index (χ4n) is 4.14. The van der Waals surface area contributed by atoms with Crippen LogP contribution in [0.4, 0.5) is 5.69 Å². The average molecular weight is 409 g/mol. The molecule has 9 nitrogen and oxygen atoms in total. The Morgan fingerprint density at radius 1 is 1.37 bits per heavy atom. The van der Waals surface area contributed by atoms with Gasteiger partial charge in [-0.3, -0.25) is 4.79 Å². The molecular weight excluding hydrogens is 386 g/mol. The first-order valence-corrected chi connectivity index (χ1v) is 10.1. The number of fused-ring (bicyclic) bond motifs is 5. The van der Waals surface area contributed by atoms with Crippen LogP contribution in [0.3, 0.4) is 0 Å². The van der Waals surface area contributed by atoms with Crippen molar-refractivity contribution in [2.75, 3.05) is 31.6 Å². The lowest BCUT2D eigenvalue weighted by molar-refractivity contribution is -0.137. The van der Waals surface area contributed by atoms with E-state index in [-0.39, 0.29) is 17.7 Å². The van der Waals surface area contributed by atoms with Gasteiger partial charge >= 0.3 is 0 Å². The summed E-state index contributed by atoms with van der Waals surface area (Å²) >= 11 is 0. The number of nitrogens with one attached hydrogen (secondary N) is 1. The second kappa shape index (κ2) is 7.49. The predicted octanol–water partition coefficient (Wildman–Crippen LogP) is 1.91. The van der Waals surface area contributed by atoms with Crippen LogP contribution < -0.4 is 10.1 Å². The molecule has 0 unspecified atom stereocenters. The van der Waals surface area contributed by atoms with Crippen molar-refractivity contribution < 1.29 is 19.4 Å². The number of ether oxygens (including phenoxy) is 2. The number of phenolic OH excluding ortho intramolecular Hbond substituents is 1. The second-order valence-electron chi connectivity index (χ2n) is 7.46. The summed E-state index contributed by atoms with van der Waals surface area (Å²) < 4.78 is 13.3. The number of amides is 1. The van der Waals surface area contributed by atoms with Crippen LogP contribution >= 0.6 is 0 Å². The summed E-state index contributed by atoms with van der Waals surface area (Å²) in [5.74, 6) is 0.588. The molecule has 1 amide bonds. The first kappa shape index (κ1) is 18.7. The Labute approximate surface area is 173 Å². The third-order valence-electron chi connectivity index (χ3n) is 5.53. The standard InChI is InChI=1S/C21H23N5O4/c1-2-29-18-10-15-12-30-19-3-5-26-20(24-19)17(11-23-26)13-7-14(9-16(27)8-13)22-4-6-25(15)21(18)28/h3,5,7-9,11,15,18,22,27H,2,4,6,10,12H2,1H3/t15-,18+/m0/s1. The van der Waals surface area contributed by atoms with E-state index in [1.54, 1.807) is 35.1 Å². The zero-order valence-electron chi connectivity index (χ0n) is 16.6. The maximum absolute atomic E-state index is 12.8. The molecule has 0 spiro atoms. The van der Waals surface area contributed by atoms with E-state index in [1.807, 2.05) is 17.9 Å². The molecule has 2 aromatic heterocycles. The van der Waals surface area contributed by atoms with E-state index < -0.39 is 6.10 Å². The topological polar surface area (TPSA) is 101 Å². The number of phenols is 1. The molecule has 1 saturated heterocycles. The molecule has 2 aliphatic rings. The van der Waals surface area contributed by atoms with E-state index in [9.17, 15) is 9.90 Å². The molecule has 9 heteroatoms. The zero-order valence-corrected chi connectivity index (χ0v) is 16.6. The van der Waals surface area contributed by atoms with Crippen LogP contribution in [-0.4, -0.2) is 69.0 Å². The molecule has 2 N–H and O–H groups in total. The van der Waals surface area contributed by atoms with Crippen molar-refractivity contribution in [3.63, 3.8) is 0 Å². The van der Waals surface area contributed by atoms with Crippen LogP contribution in [0.25, 0.3) is 16.8 Å². The summed E-state index contributed by atoms with van der Waals surface area (Å²) in [6.45, 7) is 3.77. The van der Waals surface area contributed by atoms with E-state index in [0.29, 0.717) is 44.3 Å². The Bertz CT molecular complexity index is 1100. The van der Waals surface area contributed by atoms with Crippen molar-refractivity contribution in [1.29, 1.82) is 0 Å². The fraction of sp³-hybridized carbons (Fsp3) is 0.381. The van der Waals surface area contributed by atoms with Gasteiger partial charge in [0.05, 0.1) is 12.2 Å². The molecule has 5 rings (SSSR count). The quantitative estimate of drug-likeness (QED) is 0.667. The number of nitrogens with zero attached hydrogens (tertiary/aromatic N) is 4. The first-order chi connectivity index (χ1) is 14.6. The summed E-state index contributed by atoms with van der Waals surface area (Å²) in [5, 5.41) is 17.9. The number of hydrogen-bond acceptors (Lipinski definition) is 7. The van der Waals surface area contributed by atoms with Crippen molar-refractivity contribution in [3.8, 4) is 22.8 Å². The van der Waals surface area contributed by atoms with Gasteiger partial charge in [0, 0.05) is 55.7 Å². The molecule has 2 aliphatic heterocycles. The lowest BCUT2D eigenvalue weighted by Gasteiger charge is -2.25. The van der Waals surface area contributed by atoms with E-state index in [2.05, 4.69) is 15.4 Å². The number of aromatic nitrogens is 3. The summed E-state index contributed by atoms with van der Waals surface area (Å²) in [6, 6.07) is 6.93. The van der Waals surface area contributed by atoms with Gasteiger partial charge in [-0.05, 0) is 24.6 Å². The van der Waals surface area contributed by atoms with Gasteiger partial charge in [0.1, 0.15) is 18.5 Å². The monoisotopic (exact) mass is 409 g/mol. The smallest absolute Gasteiger partial charge is 0.252 e. The van der Waals surface area contributed by atoms with E-state index >= 15 is 0 Å². The molecule has 1 aromatic carbocycles. The van der Waals surface area contributed by atoms with Crippen molar-refractivity contribution in [3.05, 3.63) is 36.7 Å². The highest BCUT2D eigenvalue weighted by Crippen LogP contribution is 2.31. The highest BCUT2D eigenvalue weighted by molar-refractivity contribution is 5.84. The summed E-state index contributed by atoms with van der Waals surface area (Å²) in [7, 11) is 0. The minimum atomic E-state index is -0.441. The Morgan fingerprint density at radius 3 is 3.13 bits per heavy atom. The van der Waals surface area contributed by atoms with Crippen molar-refractivity contribution in [2.45, 2.75) is 25.5 Å². The molecule has 0 aliphatic carbocycles. The van der Waals surface area contributed by atoms with Crippen molar-refractivity contribution >= 4 is 17.2 Å². The summed E-state index contributed by atoms with van der Waals surface area (Å²) in [4.78, 5) is 19.2. The molecule has 4 heterocycles. The minimum absolute atomic E-state index is 0.0163. The van der Waals surface area contributed by atoms with Crippen molar-refractivity contribution in [2.24, 2.45) is 0 Å². The van der Waals surface area contributed by atoms with Gasteiger partial charge in [-0.25, -0.2) is 4.52 Å². The van der Waals surface area contributed by atoms with Crippen LogP contribution in [-0.2, 0) is 9.53 Å². The molecule has 0 radical (unpaired) electrons. The molecule has 1 fully saturated rings. The van der Waals surface area contributed by atoms with Gasteiger partial charge < -0.3 is 24.8 Å². The Morgan fingerprint density at radius 2 is 2.27 bits per heavy atom. The van der Waals surface area contributed by atoms with Crippen LogP contribution in [0, 0.1) is 0 Å². The maximum atomic E-state index is 12.8. The normalized spacial score (nSPS) is 21.2. The molecule has 3 aromatic rings. The number of carbonyl (C=O) groups excluding carboxylic acids is 1. The van der Waals surface area contributed by atoms with Gasteiger partial charge in [0.2, 0.25) is 5.88 Å². The van der Waals surface area contributed by atoms with Gasteiger partial charge in [-0.2, -0.15) is 10.1 Å². The first-order valence-electron chi connectivity index (χ1n) is 10.1. The number of anilines is 1. The van der Waals surface area contributed by atoms with Crippen LogP contribution in [0.1, 0.15) is 13.3 Å². The number of rotatable bonds is 2. The minimum Gasteiger partial charge on any atom is -0.508 e. The van der Waals surface area contributed by atoms with Crippen LogP contribution in [0.5, 0.6) is 11.6 Å². The lowest BCUT2D eigenvalue weighted by Crippen LogP contribution is -2.41. The molecular formula is C21H23N5O4. The van der Waals surface area contributed by atoms with E-state index in [1.165, 1.54) is 0 Å². The molecule has 2 atom stereocenters. The van der Waals surface area contributed by atoms with Gasteiger partial charge in [0.15, 0.2) is 5.65 Å². The van der Waals surface area contributed by atoms with Crippen LogP contribution in [0.15, 0.2) is 36.7 Å². The number of hydrogen-bond donors (Lipinski definition) is 2. The maximum Gasteiger partial charge on any atom is 0.252 e. The second-order valence-corrected chi connectivity index (χ2v) is 7.46. The molecule has 0 saturated carbocycles. The number of aromatic hydroxyl groups is 1. The van der Waals surface area contributed by atoms with Crippen LogP contribution in [0.2, 0.25) is 0 Å². The van der Waals surface area contributed by atoms with Gasteiger partial charge in [0.25, 0.3) is 5.91 Å². The summed E-state index contributed by atoms with van der Waals surface area (Å²) in [5.41, 5.74) is 2.98. The van der Waals surface area contributed by atoms with Crippen molar-refractivity contribution in [1.82, 2.24) is 19.5 Å². The number of benzene rings is 1. The summed E-state index contributed by atoms with van der Waals surface area (Å²) in [6.07, 6.45) is 3.66. The zero-order chi connectivity index (χ0) is 20.7. The van der Waals surface area contributed by atoms with Gasteiger partial charge in [-0.15, -0.1) is 0 Å². The Hall–Kier alpha value is -3.33. The largest absolute Gasteiger partial charge is 0.508 e. The molecule has 156 valence electrons. The predicted molar refractivity (Wildman–Crippen MR) is 110 cm³/mol. The molecule has 30 heavy (non-hydrogen) atoms. The van der Waals surface area contributed by atoms with Gasteiger partial charge in [-0.1, -0.05) is 0 Å². The van der Waals surface area contributed by atoms with E-state index in [0.717, 1.165) is 16.8 Å². The fourth-order valence-corrected chi connectivity index (χ4v) is 4.14. The molecule has 4 bridgehead atoms. The number of carbonyl (C=O) groups is 1. The SMILES string of the molecule is CCO[C@@H]1C[C@H]2COc3ccn4ncc(c4n3)-c3cc(O)cc(c3)NCCN2C1=O. The third kappa shape index (κ3) is 3.30. The lowest BCUT2D eigenvalue weighted by atomic mass is 10.1.